The minimum atomic E-state index is -0.457. The molecule has 0 atom stereocenters. The fourth-order valence-corrected chi connectivity index (χ4v) is 4.36. The van der Waals surface area contributed by atoms with E-state index < -0.39 is 11.5 Å². The number of nitrogens with zero attached hydrogens (tertiary/aromatic N) is 3. The first kappa shape index (κ1) is 18.6. The molecule has 28 heavy (non-hydrogen) atoms. The van der Waals surface area contributed by atoms with Gasteiger partial charge in [0.2, 0.25) is 5.91 Å². The predicted molar refractivity (Wildman–Crippen MR) is 105 cm³/mol. The monoisotopic (exact) mass is 400 g/mol. The lowest BCUT2D eigenvalue weighted by Gasteiger charge is -2.31. The number of benzene rings is 1. The van der Waals surface area contributed by atoms with Crippen LogP contribution in [0.3, 0.4) is 0 Å². The maximum Gasteiger partial charge on any atom is 0.348 e. The number of likely N-dealkylation sites (tertiary alicyclic amines) is 1. The number of hydrogen-bond acceptors (Lipinski definition) is 4. The summed E-state index contributed by atoms with van der Waals surface area (Å²) < 4.78 is 15.5. The molecule has 3 heterocycles. The van der Waals surface area contributed by atoms with Crippen LogP contribution in [0.25, 0.3) is 5.69 Å². The average Bonchev–Trinajstić information content (AvgIpc) is 3.33. The molecule has 0 bridgehead atoms. The maximum absolute atomic E-state index is 14.1. The highest BCUT2D eigenvalue weighted by Gasteiger charge is 2.25. The molecule has 0 radical (unpaired) electrons. The van der Waals surface area contributed by atoms with Gasteiger partial charge in [-0.05, 0) is 42.3 Å². The second-order valence-electron chi connectivity index (χ2n) is 7.02. The van der Waals surface area contributed by atoms with Crippen molar-refractivity contribution >= 4 is 17.2 Å². The average molecular weight is 400 g/mol. The van der Waals surface area contributed by atoms with Crippen molar-refractivity contribution in [3.05, 3.63) is 68.8 Å². The number of amides is 1. The Kier molecular flexibility index (Phi) is 5.38. The van der Waals surface area contributed by atoms with Crippen molar-refractivity contribution in [2.75, 3.05) is 13.1 Å². The molecule has 146 valence electrons. The van der Waals surface area contributed by atoms with Crippen LogP contribution in [-0.4, -0.2) is 38.7 Å². The number of aromatic nitrogens is 3. The minimum Gasteiger partial charge on any atom is -0.342 e. The minimum absolute atomic E-state index is 0.156. The molecule has 1 amide bonds. The van der Waals surface area contributed by atoms with Gasteiger partial charge >= 0.3 is 5.69 Å². The van der Waals surface area contributed by atoms with E-state index in [-0.39, 0.29) is 11.6 Å². The zero-order valence-electron chi connectivity index (χ0n) is 15.3. The van der Waals surface area contributed by atoms with Gasteiger partial charge in [0.15, 0.2) is 0 Å². The van der Waals surface area contributed by atoms with Crippen LogP contribution in [0.5, 0.6) is 0 Å². The van der Waals surface area contributed by atoms with E-state index in [1.54, 1.807) is 29.5 Å². The first-order valence-corrected chi connectivity index (χ1v) is 10.2. The third-order valence-corrected chi connectivity index (χ3v) is 6.06. The predicted octanol–water partition coefficient (Wildman–Crippen LogP) is 2.79. The number of aromatic amines is 1. The van der Waals surface area contributed by atoms with Crippen molar-refractivity contribution in [1.29, 1.82) is 0 Å². The summed E-state index contributed by atoms with van der Waals surface area (Å²) in [7, 11) is 0. The molecule has 1 aliphatic rings. The Morgan fingerprint density at radius 2 is 2.00 bits per heavy atom. The summed E-state index contributed by atoms with van der Waals surface area (Å²) in [5.74, 6) is 0.523. The van der Waals surface area contributed by atoms with E-state index in [1.807, 2.05) is 22.4 Å². The molecule has 1 fully saturated rings. The topological polar surface area (TPSA) is 71.0 Å². The fraction of sp³-hybridized carbons (Fsp3) is 0.350. The molecule has 6 nitrogen and oxygen atoms in total. The van der Waals surface area contributed by atoms with E-state index in [4.69, 9.17) is 0 Å². The third kappa shape index (κ3) is 3.91. The lowest BCUT2D eigenvalue weighted by Crippen LogP contribution is -2.39. The van der Waals surface area contributed by atoms with Gasteiger partial charge in [-0.1, -0.05) is 18.2 Å². The van der Waals surface area contributed by atoms with Crippen molar-refractivity contribution in [1.82, 2.24) is 19.7 Å². The highest BCUT2D eigenvalue weighted by molar-refractivity contribution is 7.10. The molecule has 2 aromatic heterocycles. The summed E-state index contributed by atoms with van der Waals surface area (Å²) in [6, 6.07) is 10.1. The van der Waals surface area contributed by atoms with Crippen LogP contribution in [0.15, 0.2) is 46.6 Å². The van der Waals surface area contributed by atoms with Crippen molar-refractivity contribution in [2.45, 2.75) is 25.7 Å². The van der Waals surface area contributed by atoms with Crippen molar-refractivity contribution in [2.24, 2.45) is 5.92 Å². The molecule has 0 spiro atoms. The number of nitrogens with one attached hydrogen (secondary N) is 1. The van der Waals surface area contributed by atoms with Gasteiger partial charge in [0.25, 0.3) is 0 Å². The van der Waals surface area contributed by atoms with Crippen molar-refractivity contribution in [3.63, 3.8) is 0 Å². The van der Waals surface area contributed by atoms with Crippen LogP contribution in [0, 0.1) is 11.7 Å². The van der Waals surface area contributed by atoms with Gasteiger partial charge < -0.3 is 4.90 Å². The zero-order valence-corrected chi connectivity index (χ0v) is 16.1. The third-order valence-electron chi connectivity index (χ3n) is 5.18. The van der Waals surface area contributed by atoms with Gasteiger partial charge in [0.1, 0.15) is 11.6 Å². The number of piperidine rings is 1. The molecule has 0 aliphatic carbocycles. The number of para-hydroxylation sites is 1. The Bertz CT molecular complexity index is 1000. The summed E-state index contributed by atoms with van der Waals surface area (Å²) in [5, 5.41) is 8.52. The molecule has 8 heteroatoms. The Balaban J connectivity index is 1.40. The van der Waals surface area contributed by atoms with Gasteiger partial charge in [-0.25, -0.2) is 18.9 Å². The van der Waals surface area contributed by atoms with Crippen LogP contribution < -0.4 is 5.69 Å². The summed E-state index contributed by atoms with van der Waals surface area (Å²) in [4.78, 5) is 27.6. The van der Waals surface area contributed by atoms with Crippen LogP contribution >= 0.6 is 11.3 Å². The fourth-order valence-electron chi connectivity index (χ4n) is 3.67. The van der Waals surface area contributed by atoms with E-state index in [0.717, 1.165) is 17.7 Å². The normalized spacial score (nSPS) is 15.1. The Morgan fingerprint density at radius 1 is 1.21 bits per heavy atom. The smallest absolute Gasteiger partial charge is 0.342 e. The van der Waals surface area contributed by atoms with Crippen molar-refractivity contribution < 1.29 is 9.18 Å². The summed E-state index contributed by atoms with van der Waals surface area (Å²) in [6.07, 6.45) is 2.71. The number of halogens is 1. The van der Waals surface area contributed by atoms with Gasteiger partial charge in [-0.2, -0.15) is 5.10 Å². The van der Waals surface area contributed by atoms with E-state index in [1.165, 1.54) is 10.6 Å². The summed E-state index contributed by atoms with van der Waals surface area (Å²) in [6.45, 7) is 1.40. The number of hydrogen-bond donors (Lipinski definition) is 1. The summed E-state index contributed by atoms with van der Waals surface area (Å²) >= 11 is 1.60. The van der Waals surface area contributed by atoms with Crippen LogP contribution in [0.1, 0.15) is 23.5 Å². The standard InChI is InChI=1S/C20H21FN4O2S/c21-16-5-1-2-6-17(16)25-18(22-23-20(25)27)12-14-7-9-24(10-8-14)19(26)13-15-4-3-11-28-15/h1-6,11,14H,7-10,12-13H2,(H,23,27). The largest absolute Gasteiger partial charge is 0.348 e. The highest BCUT2D eigenvalue weighted by Crippen LogP contribution is 2.23. The quantitative estimate of drug-likeness (QED) is 0.716. The lowest BCUT2D eigenvalue weighted by atomic mass is 9.93. The van der Waals surface area contributed by atoms with Gasteiger partial charge in [-0.3, -0.25) is 4.79 Å². The number of carbonyl (C=O) groups is 1. The maximum atomic E-state index is 14.1. The second-order valence-corrected chi connectivity index (χ2v) is 8.05. The molecule has 0 saturated carbocycles. The van der Waals surface area contributed by atoms with Crippen LogP contribution in [-0.2, 0) is 17.6 Å². The second kappa shape index (κ2) is 8.10. The number of rotatable bonds is 5. The van der Waals surface area contributed by atoms with E-state index in [2.05, 4.69) is 10.2 Å². The first-order valence-electron chi connectivity index (χ1n) is 9.33. The molecule has 4 rings (SSSR count). The lowest BCUT2D eigenvalue weighted by molar-refractivity contribution is -0.131. The van der Waals surface area contributed by atoms with Crippen LogP contribution in [0.4, 0.5) is 4.39 Å². The summed E-state index contributed by atoms with van der Waals surface area (Å²) in [5.41, 5.74) is -0.233. The van der Waals surface area contributed by atoms with E-state index in [0.29, 0.717) is 37.7 Å². The SMILES string of the molecule is O=C(Cc1cccs1)N1CCC(Cc2n[nH]c(=O)n2-c2ccccc2F)CC1. The Labute approximate surface area is 165 Å². The highest BCUT2D eigenvalue weighted by atomic mass is 32.1. The Morgan fingerprint density at radius 3 is 2.71 bits per heavy atom. The Hall–Kier alpha value is -2.74. The van der Waals surface area contributed by atoms with Gasteiger partial charge in [-0.15, -0.1) is 11.3 Å². The van der Waals surface area contributed by atoms with E-state index in [9.17, 15) is 14.0 Å². The molecule has 1 aromatic carbocycles. The molecule has 3 aromatic rings. The molecule has 1 aliphatic heterocycles. The van der Waals surface area contributed by atoms with Gasteiger partial charge in [0, 0.05) is 24.4 Å². The van der Waals surface area contributed by atoms with Crippen molar-refractivity contribution in [3.8, 4) is 5.69 Å². The molecule has 1 N–H and O–H groups in total. The number of thiophene rings is 1. The van der Waals surface area contributed by atoms with E-state index >= 15 is 0 Å². The zero-order chi connectivity index (χ0) is 19.5. The van der Waals surface area contributed by atoms with Gasteiger partial charge in [0.05, 0.1) is 12.1 Å². The molecule has 1 saturated heterocycles. The van der Waals surface area contributed by atoms with Crippen LogP contribution in [0.2, 0.25) is 0 Å². The number of H-pyrrole nitrogens is 1. The molecular formula is C20H21FN4O2S. The number of carbonyl (C=O) groups excluding carboxylic acids is 1. The molecule has 0 unspecified atom stereocenters. The first-order chi connectivity index (χ1) is 13.6. The molecular weight excluding hydrogens is 379 g/mol.